The molecule has 2 aliphatic rings. The molecule has 0 amide bonds. The molecule has 0 bridgehead atoms. The lowest BCUT2D eigenvalue weighted by molar-refractivity contribution is 0.290. The largest absolute Gasteiger partial charge is 0.493 e. The smallest absolute Gasteiger partial charge is 0.184 e. The van der Waals surface area contributed by atoms with Gasteiger partial charge >= 0.3 is 0 Å². The number of benzene rings is 1. The molecule has 1 aromatic rings. The van der Waals surface area contributed by atoms with E-state index in [4.69, 9.17) is 9.47 Å². The highest BCUT2D eigenvalue weighted by Gasteiger charge is 2.44. The Kier molecular flexibility index (Phi) is 6.74. The highest BCUT2D eigenvalue weighted by Crippen LogP contribution is 2.46. The highest BCUT2D eigenvalue weighted by atomic mass is 32.2. The van der Waals surface area contributed by atoms with Crippen molar-refractivity contribution < 1.29 is 17.9 Å². The number of unbranched alkanes of at least 4 members (excludes halogenated alkanes) is 1. The molecule has 1 aliphatic carbocycles. The second-order valence-corrected chi connectivity index (χ2v) is 9.93. The van der Waals surface area contributed by atoms with Crippen LogP contribution in [0.25, 0.3) is 0 Å². The molecule has 0 saturated carbocycles. The number of ether oxygens (including phenoxy) is 2. The Hall–Kier alpha value is -1.79. The molecule has 6 heteroatoms. The summed E-state index contributed by atoms with van der Waals surface area (Å²) in [4.78, 5) is 0.277. The molecule has 5 nitrogen and oxygen atoms in total. The van der Waals surface area contributed by atoms with Crippen LogP contribution >= 0.6 is 0 Å². The maximum absolute atomic E-state index is 13.7. The second-order valence-electron chi connectivity index (χ2n) is 8.00. The summed E-state index contributed by atoms with van der Waals surface area (Å²) in [7, 11) is -0.544. The number of allylic oxidation sites excluding steroid dienone is 3. The summed E-state index contributed by atoms with van der Waals surface area (Å²) in [5, 5.41) is 3.81. The molecular formula is C23H33NO4S. The molecule has 1 aliphatic heterocycles. The van der Waals surface area contributed by atoms with Crippen molar-refractivity contribution in [1.82, 2.24) is 5.32 Å². The van der Waals surface area contributed by atoms with E-state index in [0.29, 0.717) is 11.5 Å². The fraction of sp³-hybridized carbons (Fsp3) is 0.565. The van der Waals surface area contributed by atoms with Gasteiger partial charge in [0.1, 0.15) is 4.90 Å². The quantitative estimate of drug-likeness (QED) is 0.692. The minimum Gasteiger partial charge on any atom is -0.493 e. The summed E-state index contributed by atoms with van der Waals surface area (Å²) < 4.78 is 38.4. The third-order valence-electron chi connectivity index (χ3n) is 6.17. The molecule has 3 rings (SSSR count). The van der Waals surface area contributed by atoms with Crippen LogP contribution in [0.15, 0.2) is 40.8 Å². The Morgan fingerprint density at radius 2 is 2.00 bits per heavy atom. The number of nitrogens with one attached hydrogen (secondary N) is 1. The monoisotopic (exact) mass is 419 g/mol. The molecule has 29 heavy (non-hydrogen) atoms. The molecule has 0 aromatic heterocycles. The van der Waals surface area contributed by atoms with Crippen molar-refractivity contribution in [3.8, 4) is 11.5 Å². The standard InChI is InChI=1S/C23H33NO4S/c1-5-7-15-23(6-2)16-29(25,26)22-18(13-14-19(27-3)21(22)28-4)20(24-23)17-11-9-8-10-12-17/h8-9,11,13-14,20,24H,5-7,10,12,15-16H2,1-4H3/t20-,23-/m1/s1. The summed E-state index contributed by atoms with van der Waals surface area (Å²) >= 11 is 0. The van der Waals surface area contributed by atoms with E-state index in [0.717, 1.165) is 44.1 Å². The van der Waals surface area contributed by atoms with E-state index >= 15 is 0 Å². The van der Waals surface area contributed by atoms with Crippen LogP contribution < -0.4 is 14.8 Å². The van der Waals surface area contributed by atoms with Crippen LogP contribution in [-0.4, -0.2) is 33.9 Å². The fourth-order valence-electron chi connectivity index (χ4n) is 4.52. The van der Waals surface area contributed by atoms with E-state index in [1.54, 1.807) is 0 Å². The predicted molar refractivity (Wildman–Crippen MR) is 116 cm³/mol. The molecule has 1 heterocycles. The van der Waals surface area contributed by atoms with Gasteiger partial charge in [0.2, 0.25) is 0 Å². The van der Waals surface area contributed by atoms with E-state index in [-0.39, 0.29) is 16.7 Å². The van der Waals surface area contributed by atoms with Gasteiger partial charge in [-0.1, -0.05) is 51.0 Å². The first-order valence-electron chi connectivity index (χ1n) is 10.5. The van der Waals surface area contributed by atoms with Crippen LogP contribution in [0.3, 0.4) is 0 Å². The van der Waals surface area contributed by atoms with E-state index in [1.807, 2.05) is 12.1 Å². The average molecular weight is 420 g/mol. The number of hydrogen-bond donors (Lipinski definition) is 1. The molecule has 1 N–H and O–H groups in total. The van der Waals surface area contributed by atoms with Gasteiger partial charge < -0.3 is 9.47 Å². The first-order chi connectivity index (χ1) is 13.9. The lowest BCUT2D eigenvalue weighted by atomic mass is 9.86. The van der Waals surface area contributed by atoms with Crippen molar-refractivity contribution in [3.05, 3.63) is 41.5 Å². The normalized spacial score (nSPS) is 25.7. The molecule has 160 valence electrons. The predicted octanol–water partition coefficient (Wildman–Crippen LogP) is 4.74. The van der Waals surface area contributed by atoms with Crippen LogP contribution in [-0.2, 0) is 9.84 Å². The van der Waals surface area contributed by atoms with Crippen LogP contribution in [0.5, 0.6) is 11.5 Å². The zero-order chi connectivity index (χ0) is 21.1. The first kappa shape index (κ1) is 21.9. The maximum Gasteiger partial charge on any atom is 0.184 e. The zero-order valence-electron chi connectivity index (χ0n) is 18.0. The van der Waals surface area contributed by atoms with Crippen molar-refractivity contribution in [2.24, 2.45) is 0 Å². The van der Waals surface area contributed by atoms with Gasteiger partial charge in [-0.2, -0.15) is 0 Å². The summed E-state index contributed by atoms with van der Waals surface area (Å²) in [6.45, 7) is 4.22. The van der Waals surface area contributed by atoms with Gasteiger partial charge in [0.25, 0.3) is 0 Å². The molecular weight excluding hydrogens is 386 g/mol. The van der Waals surface area contributed by atoms with Crippen LogP contribution in [0.4, 0.5) is 0 Å². The van der Waals surface area contributed by atoms with Crippen LogP contribution in [0.1, 0.15) is 64.0 Å². The van der Waals surface area contributed by atoms with Gasteiger partial charge in [-0.05, 0) is 42.9 Å². The van der Waals surface area contributed by atoms with Crippen molar-refractivity contribution in [2.45, 2.75) is 68.8 Å². The van der Waals surface area contributed by atoms with E-state index < -0.39 is 15.4 Å². The SMILES string of the molecule is CCCC[C@]1(CC)CS(=O)(=O)c2c(ccc(OC)c2OC)[C@@H](C2=CC=CCC2)N1. The lowest BCUT2D eigenvalue weighted by Gasteiger charge is -2.36. The Balaban J connectivity index is 2.26. The minimum atomic E-state index is -3.59. The van der Waals surface area contributed by atoms with Gasteiger partial charge in [-0.3, -0.25) is 5.32 Å². The summed E-state index contributed by atoms with van der Waals surface area (Å²) in [5.74, 6) is 0.821. The minimum absolute atomic E-state index is 0.0621. The van der Waals surface area contributed by atoms with E-state index in [1.165, 1.54) is 19.8 Å². The van der Waals surface area contributed by atoms with Crippen molar-refractivity contribution >= 4 is 9.84 Å². The highest BCUT2D eigenvalue weighted by molar-refractivity contribution is 7.91. The number of rotatable bonds is 7. The molecule has 2 atom stereocenters. The number of hydrogen-bond acceptors (Lipinski definition) is 5. The summed E-state index contributed by atoms with van der Waals surface area (Å²) in [5.41, 5.74) is 1.50. The Morgan fingerprint density at radius 3 is 2.59 bits per heavy atom. The molecule has 0 unspecified atom stereocenters. The maximum atomic E-state index is 13.7. The van der Waals surface area contributed by atoms with Gasteiger partial charge in [0, 0.05) is 5.54 Å². The van der Waals surface area contributed by atoms with Gasteiger partial charge in [0.05, 0.1) is 26.0 Å². The van der Waals surface area contributed by atoms with E-state index in [2.05, 4.69) is 37.4 Å². The summed E-state index contributed by atoms with van der Waals surface area (Å²) in [6, 6.07) is 3.53. The fourth-order valence-corrected chi connectivity index (χ4v) is 6.83. The third kappa shape index (κ3) is 4.24. The second kappa shape index (κ2) is 8.92. The van der Waals surface area contributed by atoms with Gasteiger partial charge in [-0.15, -0.1) is 0 Å². The van der Waals surface area contributed by atoms with Crippen LogP contribution in [0, 0.1) is 0 Å². The summed E-state index contributed by atoms with van der Waals surface area (Å²) in [6.07, 6.45) is 11.8. The molecule has 0 fully saturated rings. The average Bonchev–Trinajstić information content (AvgIpc) is 2.84. The third-order valence-corrected chi connectivity index (χ3v) is 8.15. The number of fused-ring (bicyclic) bond motifs is 1. The lowest BCUT2D eigenvalue weighted by Crippen LogP contribution is -2.50. The van der Waals surface area contributed by atoms with E-state index in [9.17, 15) is 8.42 Å². The van der Waals surface area contributed by atoms with Crippen molar-refractivity contribution in [3.63, 3.8) is 0 Å². The molecule has 0 saturated heterocycles. The van der Waals surface area contributed by atoms with Gasteiger partial charge in [-0.25, -0.2) is 8.42 Å². The van der Waals surface area contributed by atoms with Crippen molar-refractivity contribution in [1.29, 1.82) is 0 Å². The topological polar surface area (TPSA) is 64.6 Å². The first-order valence-corrected chi connectivity index (χ1v) is 12.2. The Morgan fingerprint density at radius 1 is 1.21 bits per heavy atom. The molecule has 0 radical (unpaired) electrons. The molecule has 1 aromatic carbocycles. The number of sulfone groups is 1. The van der Waals surface area contributed by atoms with Gasteiger partial charge in [0.15, 0.2) is 21.3 Å². The number of methoxy groups -OCH3 is 2. The Bertz CT molecular complexity index is 904. The molecule has 0 spiro atoms. The van der Waals surface area contributed by atoms with Crippen LogP contribution in [0.2, 0.25) is 0 Å². The Labute approximate surface area is 175 Å². The van der Waals surface area contributed by atoms with Crippen molar-refractivity contribution in [2.75, 3.05) is 20.0 Å². The zero-order valence-corrected chi connectivity index (χ0v) is 18.8.